The van der Waals surface area contributed by atoms with E-state index >= 15 is 0 Å². The maximum absolute atomic E-state index is 11.6. The van der Waals surface area contributed by atoms with Gasteiger partial charge in [0.05, 0.1) is 0 Å². The van der Waals surface area contributed by atoms with E-state index in [4.69, 9.17) is 9.47 Å². The van der Waals surface area contributed by atoms with Crippen molar-refractivity contribution in [2.24, 2.45) is 0 Å². The first kappa shape index (κ1) is 20.0. The number of amides is 1. The van der Waals surface area contributed by atoms with Crippen molar-refractivity contribution in [1.82, 2.24) is 10.6 Å². The maximum Gasteiger partial charge on any atom is 0.328 e. The molecule has 0 aromatic carbocycles. The molecule has 0 fully saturated rings. The minimum atomic E-state index is -0.827. The number of ether oxygens (including phenoxy) is 2. The number of ketones is 1. The molecule has 126 valence electrons. The summed E-state index contributed by atoms with van der Waals surface area (Å²) >= 11 is 0. The second-order valence-corrected chi connectivity index (χ2v) is 4.84. The second kappa shape index (κ2) is 10.7. The van der Waals surface area contributed by atoms with Crippen LogP contribution >= 0.6 is 0 Å². The van der Waals surface area contributed by atoms with Crippen LogP contribution in [-0.2, 0) is 28.7 Å². The number of carbonyl (C=O) groups excluding carboxylic acids is 4. The van der Waals surface area contributed by atoms with Crippen molar-refractivity contribution in [2.45, 2.75) is 45.7 Å². The molecule has 22 heavy (non-hydrogen) atoms. The zero-order chi connectivity index (χ0) is 17.1. The highest BCUT2D eigenvalue weighted by Gasteiger charge is 2.17. The summed E-state index contributed by atoms with van der Waals surface area (Å²) < 4.78 is 9.74. The van der Waals surface area contributed by atoms with Crippen LogP contribution in [0.25, 0.3) is 0 Å². The summed E-state index contributed by atoms with van der Waals surface area (Å²) in [5, 5.41) is 5.15. The zero-order valence-corrected chi connectivity index (χ0v) is 13.4. The van der Waals surface area contributed by atoms with Gasteiger partial charge in [0.2, 0.25) is 5.91 Å². The lowest BCUT2D eigenvalue weighted by Gasteiger charge is -2.14. The summed E-state index contributed by atoms with van der Waals surface area (Å²) in [4.78, 5) is 45.1. The van der Waals surface area contributed by atoms with Crippen molar-refractivity contribution < 1.29 is 28.7 Å². The van der Waals surface area contributed by atoms with Crippen LogP contribution in [0.1, 0.15) is 33.6 Å². The number of likely N-dealkylation sites (N-methyl/N-ethyl adjacent to an activating group) is 1. The van der Waals surface area contributed by atoms with Gasteiger partial charge in [-0.15, -0.1) is 0 Å². The average Bonchev–Trinajstić information content (AvgIpc) is 2.47. The molecule has 0 heterocycles. The van der Waals surface area contributed by atoms with Gasteiger partial charge in [-0.2, -0.15) is 0 Å². The van der Waals surface area contributed by atoms with E-state index in [-0.39, 0.29) is 31.8 Å². The lowest BCUT2D eigenvalue weighted by Crippen LogP contribution is -2.40. The highest BCUT2D eigenvalue weighted by atomic mass is 16.6. The van der Waals surface area contributed by atoms with E-state index in [0.29, 0.717) is 0 Å². The molecule has 2 unspecified atom stereocenters. The van der Waals surface area contributed by atoms with Gasteiger partial charge in [-0.3, -0.25) is 9.59 Å². The molecule has 2 N–H and O–H groups in total. The highest BCUT2D eigenvalue weighted by molar-refractivity contribution is 5.87. The van der Waals surface area contributed by atoms with Crippen LogP contribution in [0, 0.1) is 0 Å². The summed E-state index contributed by atoms with van der Waals surface area (Å²) in [6.45, 7) is 4.37. The fourth-order valence-electron chi connectivity index (χ4n) is 1.31. The Morgan fingerprint density at radius 1 is 0.909 bits per heavy atom. The molecule has 0 rings (SSSR count). The van der Waals surface area contributed by atoms with Gasteiger partial charge in [-0.05, 0) is 27.8 Å². The van der Waals surface area contributed by atoms with Crippen molar-refractivity contribution in [3.05, 3.63) is 0 Å². The van der Waals surface area contributed by atoms with E-state index in [1.54, 1.807) is 14.0 Å². The molecule has 0 aliphatic rings. The molecule has 1 amide bonds. The molecule has 8 nitrogen and oxygen atoms in total. The number of Topliss-reactive ketones (excluding diaryl/α,β-unsaturated/α-hetero) is 1. The first-order valence-electron chi connectivity index (χ1n) is 7.07. The molecule has 0 aliphatic heterocycles. The Balaban J connectivity index is 3.89. The Hall–Kier alpha value is -1.96. The van der Waals surface area contributed by atoms with Crippen molar-refractivity contribution in [3.8, 4) is 0 Å². The molecular weight excluding hydrogens is 292 g/mol. The fourth-order valence-corrected chi connectivity index (χ4v) is 1.31. The van der Waals surface area contributed by atoms with Crippen molar-refractivity contribution in [1.29, 1.82) is 0 Å². The minimum Gasteiger partial charge on any atom is -0.461 e. The van der Waals surface area contributed by atoms with Crippen LogP contribution in [0.2, 0.25) is 0 Å². The Morgan fingerprint density at radius 3 is 1.86 bits per heavy atom. The van der Waals surface area contributed by atoms with Crippen LogP contribution in [-0.4, -0.2) is 56.0 Å². The van der Waals surface area contributed by atoms with Gasteiger partial charge in [0.1, 0.15) is 31.1 Å². The van der Waals surface area contributed by atoms with E-state index in [1.807, 2.05) is 0 Å². The molecule has 0 aromatic heterocycles. The Bertz CT molecular complexity index is 410. The van der Waals surface area contributed by atoms with Crippen molar-refractivity contribution in [2.75, 3.05) is 20.3 Å². The number of carbonyl (C=O) groups is 4. The van der Waals surface area contributed by atoms with Crippen molar-refractivity contribution in [3.63, 3.8) is 0 Å². The molecular formula is C14H24N2O6. The number of rotatable bonds is 10. The van der Waals surface area contributed by atoms with Gasteiger partial charge in [0.25, 0.3) is 0 Å². The topological polar surface area (TPSA) is 111 Å². The largest absolute Gasteiger partial charge is 0.461 e. The maximum atomic E-state index is 11.6. The summed E-state index contributed by atoms with van der Waals surface area (Å²) in [6.07, 6.45) is 0.166. The van der Waals surface area contributed by atoms with Crippen LogP contribution < -0.4 is 10.6 Å². The Labute approximate surface area is 129 Å². The summed E-state index contributed by atoms with van der Waals surface area (Å²) in [6, 6.07) is -1.26. The SMILES string of the molecule is CNC(C)C(=O)OCCOC(=O)C(C)NC(=O)CCC(C)=O. The summed E-state index contributed by atoms with van der Waals surface area (Å²) in [7, 11) is 1.63. The summed E-state index contributed by atoms with van der Waals surface area (Å²) in [5.41, 5.74) is 0. The Morgan fingerprint density at radius 2 is 1.41 bits per heavy atom. The van der Waals surface area contributed by atoms with Gasteiger partial charge in [-0.1, -0.05) is 0 Å². The van der Waals surface area contributed by atoms with Gasteiger partial charge in [0, 0.05) is 12.8 Å². The summed E-state index contributed by atoms with van der Waals surface area (Å²) in [5.74, 6) is -1.56. The monoisotopic (exact) mass is 316 g/mol. The number of esters is 2. The third-order valence-electron chi connectivity index (χ3n) is 2.79. The number of hydrogen-bond donors (Lipinski definition) is 2. The van der Waals surface area contributed by atoms with Crippen LogP contribution in [0.15, 0.2) is 0 Å². The molecule has 0 aliphatic carbocycles. The van der Waals surface area contributed by atoms with E-state index in [9.17, 15) is 19.2 Å². The highest BCUT2D eigenvalue weighted by Crippen LogP contribution is 1.95. The third-order valence-corrected chi connectivity index (χ3v) is 2.79. The molecule has 0 bridgehead atoms. The van der Waals surface area contributed by atoms with Gasteiger partial charge >= 0.3 is 11.9 Å². The van der Waals surface area contributed by atoms with E-state index in [2.05, 4.69) is 10.6 Å². The standard InChI is InChI=1S/C14H24N2O6/c1-9(17)5-6-12(18)16-11(3)14(20)22-8-7-21-13(19)10(2)15-4/h10-11,15H,5-8H2,1-4H3,(H,16,18). The van der Waals surface area contributed by atoms with E-state index in [0.717, 1.165) is 0 Å². The molecule has 0 aromatic rings. The van der Waals surface area contributed by atoms with Gasteiger partial charge in [0.15, 0.2) is 0 Å². The lowest BCUT2D eigenvalue weighted by molar-refractivity contribution is -0.154. The molecule has 8 heteroatoms. The predicted molar refractivity (Wildman–Crippen MR) is 78.0 cm³/mol. The third kappa shape index (κ3) is 9.06. The molecule has 0 radical (unpaired) electrons. The molecule has 0 spiro atoms. The Kier molecular flexibility index (Phi) is 9.77. The molecule has 0 saturated carbocycles. The van der Waals surface area contributed by atoms with E-state index in [1.165, 1.54) is 13.8 Å². The van der Waals surface area contributed by atoms with Crippen LogP contribution in [0.5, 0.6) is 0 Å². The average molecular weight is 316 g/mol. The van der Waals surface area contributed by atoms with Crippen molar-refractivity contribution >= 4 is 23.6 Å². The molecule has 2 atom stereocenters. The quantitative estimate of drug-likeness (QED) is 0.415. The van der Waals surface area contributed by atoms with E-state index < -0.39 is 29.9 Å². The van der Waals surface area contributed by atoms with Crippen LogP contribution in [0.4, 0.5) is 0 Å². The predicted octanol–water partition coefficient (Wildman–Crippen LogP) is -0.445. The van der Waals surface area contributed by atoms with Crippen LogP contribution in [0.3, 0.4) is 0 Å². The smallest absolute Gasteiger partial charge is 0.328 e. The minimum absolute atomic E-state index is 0.0342. The number of nitrogens with one attached hydrogen (secondary N) is 2. The first-order chi connectivity index (χ1) is 10.3. The lowest BCUT2D eigenvalue weighted by atomic mass is 10.2. The van der Waals surface area contributed by atoms with Gasteiger partial charge in [-0.25, -0.2) is 4.79 Å². The fraction of sp³-hybridized carbons (Fsp3) is 0.714. The zero-order valence-electron chi connectivity index (χ0n) is 13.4. The van der Waals surface area contributed by atoms with Gasteiger partial charge < -0.3 is 24.9 Å². The normalized spacial score (nSPS) is 12.9. The molecule has 0 saturated heterocycles. The number of hydrogen-bond acceptors (Lipinski definition) is 7. The second-order valence-electron chi connectivity index (χ2n) is 4.84. The first-order valence-corrected chi connectivity index (χ1v) is 7.07.